The molecule has 0 rings (SSSR count). The molecule has 6 heteroatoms. The summed E-state index contributed by atoms with van der Waals surface area (Å²) >= 11 is 0. The lowest BCUT2D eigenvalue weighted by atomic mass is 10.1. The third kappa shape index (κ3) is 39.6. The summed E-state index contributed by atoms with van der Waals surface area (Å²) in [6.45, 7) is 4.76. The summed E-state index contributed by atoms with van der Waals surface area (Å²) in [5, 5.41) is 22.8. The molecule has 0 aromatic carbocycles. The first-order chi connectivity index (χ1) is 26.0. The molecule has 0 saturated carbocycles. The van der Waals surface area contributed by atoms with Gasteiger partial charge in [-0.15, -0.1) is 0 Å². The Hall–Kier alpha value is -1.92. The van der Waals surface area contributed by atoms with E-state index in [-0.39, 0.29) is 18.5 Å². The minimum absolute atomic E-state index is 0.0430. The number of esters is 1. The van der Waals surface area contributed by atoms with Crippen molar-refractivity contribution in [1.82, 2.24) is 5.32 Å². The van der Waals surface area contributed by atoms with E-state index in [1.807, 2.05) is 6.08 Å². The highest BCUT2D eigenvalue weighted by Gasteiger charge is 2.17. The topological polar surface area (TPSA) is 95.9 Å². The van der Waals surface area contributed by atoms with Gasteiger partial charge in [0.1, 0.15) is 0 Å². The van der Waals surface area contributed by atoms with Crippen molar-refractivity contribution in [2.24, 2.45) is 0 Å². The van der Waals surface area contributed by atoms with Crippen LogP contribution in [0.5, 0.6) is 0 Å². The van der Waals surface area contributed by atoms with Gasteiger partial charge in [0.05, 0.1) is 25.4 Å². The third-order valence-electron chi connectivity index (χ3n) is 10.1. The summed E-state index contributed by atoms with van der Waals surface area (Å²) in [7, 11) is 0. The molecule has 0 spiro atoms. The molecule has 0 aliphatic rings. The zero-order chi connectivity index (χ0) is 38.7. The number of amides is 1. The van der Waals surface area contributed by atoms with E-state index in [2.05, 4.69) is 43.5 Å². The van der Waals surface area contributed by atoms with Crippen LogP contribution in [-0.2, 0) is 14.3 Å². The first-order valence-corrected chi connectivity index (χ1v) is 22.8. The van der Waals surface area contributed by atoms with Crippen molar-refractivity contribution in [2.75, 3.05) is 13.2 Å². The van der Waals surface area contributed by atoms with Gasteiger partial charge in [-0.1, -0.05) is 172 Å². The summed E-state index contributed by atoms with van der Waals surface area (Å²) in [5.74, 6) is -0.175. The minimum atomic E-state index is -0.873. The zero-order valence-electron chi connectivity index (χ0n) is 35.0. The lowest BCUT2D eigenvalue weighted by molar-refractivity contribution is -0.143. The van der Waals surface area contributed by atoms with Crippen LogP contribution >= 0.6 is 0 Å². The molecule has 0 saturated heterocycles. The molecule has 0 bridgehead atoms. The van der Waals surface area contributed by atoms with Crippen molar-refractivity contribution in [3.8, 4) is 0 Å². The second-order valence-corrected chi connectivity index (χ2v) is 15.4. The van der Waals surface area contributed by atoms with Gasteiger partial charge in [-0.3, -0.25) is 9.59 Å². The number of nitrogens with one attached hydrogen (secondary N) is 1. The Balaban J connectivity index is 3.56. The number of carbonyl (C=O) groups excluding carboxylic acids is 2. The van der Waals surface area contributed by atoms with Crippen LogP contribution in [0, 0.1) is 0 Å². The van der Waals surface area contributed by atoms with Gasteiger partial charge >= 0.3 is 5.97 Å². The predicted octanol–water partition coefficient (Wildman–Crippen LogP) is 12.9. The van der Waals surface area contributed by atoms with E-state index in [4.69, 9.17) is 4.74 Å². The van der Waals surface area contributed by atoms with Crippen LogP contribution in [0.4, 0.5) is 0 Å². The monoisotopic (exact) mass is 746 g/mol. The number of hydrogen-bond donors (Lipinski definition) is 3. The summed E-state index contributed by atoms with van der Waals surface area (Å²) < 4.78 is 5.43. The van der Waals surface area contributed by atoms with Gasteiger partial charge in [-0.25, -0.2) is 0 Å². The lowest BCUT2D eigenvalue weighted by Gasteiger charge is -2.19. The first kappa shape index (κ1) is 51.1. The summed E-state index contributed by atoms with van der Waals surface area (Å²) in [5.41, 5.74) is 0. The van der Waals surface area contributed by atoms with Gasteiger partial charge in [0.25, 0.3) is 0 Å². The van der Waals surface area contributed by atoms with Crippen LogP contribution < -0.4 is 5.32 Å². The fourth-order valence-electron chi connectivity index (χ4n) is 6.57. The summed E-state index contributed by atoms with van der Waals surface area (Å²) in [6.07, 6.45) is 50.0. The first-order valence-electron chi connectivity index (χ1n) is 22.8. The van der Waals surface area contributed by atoms with Gasteiger partial charge < -0.3 is 20.3 Å². The fraction of sp³-hybridized carbons (Fsp3) is 0.830. The molecule has 2 unspecified atom stereocenters. The lowest BCUT2D eigenvalue weighted by Crippen LogP contribution is -2.45. The van der Waals surface area contributed by atoms with Crippen molar-refractivity contribution in [1.29, 1.82) is 0 Å². The van der Waals surface area contributed by atoms with Crippen molar-refractivity contribution in [3.63, 3.8) is 0 Å². The van der Waals surface area contributed by atoms with Crippen LogP contribution in [0.3, 0.4) is 0 Å². The van der Waals surface area contributed by atoms with Gasteiger partial charge in [0, 0.05) is 12.8 Å². The van der Waals surface area contributed by atoms with Crippen molar-refractivity contribution in [3.05, 3.63) is 36.5 Å². The van der Waals surface area contributed by atoms with E-state index in [1.165, 1.54) is 128 Å². The number of carbonyl (C=O) groups is 2. The molecule has 0 aliphatic heterocycles. The Morgan fingerprint density at radius 3 is 1.38 bits per heavy atom. The van der Waals surface area contributed by atoms with Gasteiger partial charge in [-0.05, 0) is 77.0 Å². The van der Waals surface area contributed by atoms with Crippen LogP contribution in [0.2, 0.25) is 0 Å². The molecule has 0 aromatic rings. The standard InChI is InChI=1S/C47H87NO5/c1-3-5-7-9-11-13-15-16-17-18-19-20-21-25-29-33-37-41-47(52)53-42-38-34-30-26-22-24-28-32-36-40-46(51)48-44(43-49)45(50)39-35-31-27-23-14-12-10-8-6-4-2/h16-17,24,28,35,39,44-45,49-50H,3-15,18-23,25-27,29-34,36-38,40-43H2,1-2H3,(H,48,51)/b17-16-,28-24-,39-35+. The Bertz CT molecular complexity index is 869. The minimum Gasteiger partial charge on any atom is -0.466 e. The molecule has 3 N–H and O–H groups in total. The smallest absolute Gasteiger partial charge is 0.305 e. The number of aliphatic hydroxyl groups is 2. The van der Waals surface area contributed by atoms with Crippen molar-refractivity contribution < 1.29 is 24.5 Å². The van der Waals surface area contributed by atoms with Gasteiger partial charge in [0.2, 0.25) is 5.91 Å². The molecular formula is C47H87NO5. The Kier molecular flexibility index (Phi) is 41.3. The molecular weight excluding hydrogens is 659 g/mol. The number of rotatable bonds is 41. The van der Waals surface area contributed by atoms with E-state index in [9.17, 15) is 19.8 Å². The normalized spacial score (nSPS) is 13.1. The molecule has 310 valence electrons. The molecule has 53 heavy (non-hydrogen) atoms. The number of hydrogen-bond acceptors (Lipinski definition) is 5. The van der Waals surface area contributed by atoms with Gasteiger partial charge in [0.15, 0.2) is 0 Å². The number of ether oxygens (including phenoxy) is 1. The Morgan fingerprint density at radius 2 is 0.906 bits per heavy atom. The Morgan fingerprint density at radius 1 is 0.509 bits per heavy atom. The van der Waals surface area contributed by atoms with E-state index in [0.717, 1.165) is 70.6 Å². The van der Waals surface area contributed by atoms with Crippen molar-refractivity contribution >= 4 is 11.9 Å². The predicted molar refractivity (Wildman–Crippen MR) is 227 cm³/mol. The maximum absolute atomic E-state index is 12.3. The fourth-order valence-corrected chi connectivity index (χ4v) is 6.57. The van der Waals surface area contributed by atoms with E-state index < -0.39 is 12.1 Å². The quantitative estimate of drug-likeness (QED) is 0.0329. The van der Waals surface area contributed by atoms with Gasteiger partial charge in [-0.2, -0.15) is 0 Å². The van der Waals surface area contributed by atoms with Crippen molar-refractivity contribution in [2.45, 2.75) is 238 Å². The van der Waals surface area contributed by atoms with E-state index in [1.54, 1.807) is 6.08 Å². The molecule has 0 heterocycles. The van der Waals surface area contributed by atoms with E-state index >= 15 is 0 Å². The second kappa shape index (κ2) is 42.8. The molecule has 0 aliphatic carbocycles. The summed E-state index contributed by atoms with van der Waals surface area (Å²) in [4.78, 5) is 24.3. The number of aliphatic hydroxyl groups excluding tert-OH is 2. The molecule has 6 nitrogen and oxygen atoms in total. The maximum Gasteiger partial charge on any atom is 0.305 e. The van der Waals surface area contributed by atoms with Crippen LogP contribution in [0.25, 0.3) is 0 Å². The highest BCUT2D eigenvalue weighted by Crippen LogP contribution is 2.13. The van der Waals surface area contributed by atoms with Crippen LogP contribution in [0.1, 0.15) is 226 Å². The Labute approximate surface area is 328 Å². The number of unbranched alkanes of at least 4 members (excludes halogenated alkanes) is 26. The van der Waals surface area contributed by atoms with Crippen LogP contribution in [0.15, 0.2) is 36.5 Å². The molecule has 0 radical (unpaired) electrons. The second-order valence-electron chi connectivity index (χ2n) is 15.4. The third-order valence-corrected chi connectivity index (χ3v) is 10.1. The highest BCUT2D eigenvalue weighted by atomic mass is 16.5. The average Bonchev–Trinajstić information content (AvgIpc) is 3.16. The molecule has 0 fully saturated rings. The van der Waals surface area contributed by atoms with Crippen LogP contribution in [-0.4, -0.2) is 47.4 Å². The average molecular weight is 746 g/mol. The largest absolute Gasteiger partial charge is 0.466 e. The summed E-state index contributed by atoms with van der Waals surface area (Å²) in [6, 6.07) is -0.664. The SMILES string of the molecule is CCCCCCCC/C=C\CCCCCCCCCC(=O)OCCCCCC/C=C\CCCC(=O)NC(CO)C(O)/C=C/CCCCCCCCCC. The van der Waals surface area contributed by atoms with E-state index in [0.29, 0.717) is 19.4 Å². The zero-order valence-corrected chi connectivity index (χ0v) is 35.0. The molecule has 2 atom stereocenters. The molecule has 0 aromatic heterocycles. The molecule has 1 amide bonds. The number of allylic oxidation sites excluding steroid dienone is 5. The highest BCUT2D eigenvalue weighted by molar-refractivity contribution is 5.76. The maximum atomic E-state index is 12.3.